The number of esters is 1. The van der Waals surface area contributed by atoms with Crippen LogP contribution in [0.2, 0.25) is 0 Å². The van der Waals surface area contributed by atoms with Crippen molar-refractivity contribution in [2.75, 3.05) is 7.11 Å². The highest BCUT2D eigenvalue weighted by molar-refractivity contribution is 5.85. The van der Waals surface area contributed by atoms with Crippen LogP contribution < -0.4 is 0 Å². The summed E-state index contributed by atoms with van der Waals surface area (Å²) in [5.74, 6) is -0.422. The van der Waals surface area contributed by atoms with Crippen molar-refractivity contribution >= 4 is 5.97 Å². The lowest BCUT2D eigenvalue weighted by atomic mass is 10.0. The van der Waals surface area contributed by atoms with Gasteiger partial charge in [0.2, 0.25) is 0 Å². The van der Waals surface area contributed by atoms with E-state index in [1.807, 2.05) is 13.8 Å². The van der Waals surface area contributed by atoms with E-state index in [1.165, 1.54) is 7.11 Å². The fraction of sp³-hybridized carbons (Fsp3) is 0.750. The number of carbonyl (C=O) groups is 1. The summed E-state index contributed by atoms with van der Waals surface area (Å²) in [7, 11) is 1.26. The van der Waals surface area contributed by atoms with Gasteiger partial charge in [0.25, 0.3) is 0 Å². The molecule has 0 spiro atoms. The second-order valence-corrected chi connectivity index (χ2v) is 3.08. The van der Waals surface area contributed by atoms with Gasteiger partial charge in [-0.25, -0.2) is 11.4 Å². The molecule has 4 nitrogen and oxygen atoms in total. The van der Waals surface area contributed by atoms with E-state index in [2.05, 4.69) is 9.58 Å². The molecule has 4 heteroatoms. The lowest BCUT2D eigenvalue weighted by molar-refractivity contribution is -0.145. The van der Waals surface area contributed by atoms with Gasteiger partial charge in [0.1, 0.15) is 0 Å². The standard InChI is InChI=1S/C8H11NO3/c1-5(2)6-8(9-3,12-6)7(10)11-4/h5-6H,1-2,4H3. The van der Waals surface area contributed by atoms with Gasteiger partial charge in [0.15, 0.2) is 6.10 Å². The van der Waals surface area contributed by atoms with Gasteiger partial charge in [-0.3, -0.25) is 9.58 Å². The van der Waals surface area contributed by atoms with Crippen molar-refractivity contribution in [2.24, 2.45) is 5.92 Å². The Morgan fingerprint density at radius 3 is 2.58 bits per heavy atom. The summed E-state index contributed by atoms with van der Waals surface area (Å²) in [6, 6.07) is 0. The van der Waals surface area contributed by atoms with E-state index in [4.69, 9.17) is 11.3 Å². The van der Waals surface area contributed by atoms with Crippen molar-refractivity contribution in [3.63, 3.8) is 0 Å². The van der Waals surface area contributed by atoms with Gasteiger partial charge >= 0.3 is 11.7 Å². The molecule has 2 atom stereocenters. The normalized spacial score (nSPS) is 32.8. The van der Waals surface area contributed by atoms with Gasteiger partial charge in [-0.15, -0.1) is 0 Å². The first-order chi connectivity index (χ1) is 5.58. The molecule has 0 aromatic rings. The van der Waals surface area contributed by atoms with Gasteiger partial charge in [-0.1, -0.05) is 13.8 Å². The number of rotatable bonds is 2. The quantitative estimate of drug-likeness (QED) is 0.349. The van der Waals surface area contributed by atoms with Crippen molar-refractivity contribution in [1.82, 2.24) is 0 Å². The molecule has 0 aliphatic carbocycles. The van der Waals surface area contributed by atoms with E-state index >= 15 is 0 Å². The van der Waals surface area contributed by atoms with Gasteiger partial charge < -0.3 is 4.74 Å². The van der Waals surface area contributed by atoms with Crippen molar-refractivity contribution in [2.45, 2.75) is 25.7 Å². The molecule has 1 heterocycles. The van der Waals surface area contributed by atoms with E-state index in [1.54, 1.807) is 0 Å². The summed E-state index contributed by atoms with van der Waals surface area (Å²) in [5, 5.41) is 0. The van der Waals surface area contributed by atoms with E-state index < -0.39 is 11.7 Å². The van der Waals surface area contributed by atoms with Crippen LogP contribution in [0.5, 0.6) is 0 Å². The Bertz CT molecular complexity index is 243. The van der Waals surface area contributed by atoms with Crippen LogP contribution in [0.3, 0.4) is 0 Å². The van der Waals surface area contributed by atoms with Gasteiger partial charge in [0.05, 0.1) is 7.11 Å². The highest BCUT2D eigenvalue weighted by Gasteiger charge is 2.74. The van der Waals surface area contributed by atoms with Gasteiger partial charge in [-0.2, -0.15) is 0 Å². The van der Waals surface area contributed by atoms with Crippen molar-refractivity contribution < 1.29 is 14.3 Å². The molecule has 1 aliphatic heterocycles. The van der Waals surface area contributed by atoms with E-state index in [0.29, 0.717) is 0 Å². The fourth-order valence-electron chi connectivity index (χ4n) is 1.19. The Labute approximate surface area is 71.3 Å². The second-order valence-electron chi connectivity index (χ2n) is 3.08. The molecule has 0 bridgehead atoms. The lowest BCUT2D eigenvalue weighted by Gasteiger charge is -1.98. The monoisotopic (exact) mass is 169 g/mol. The maximum absolute atomic E-state index is 11.1. The van der Waals surface area contributed by atoms with Crippen LogP contribution in [0.4, 0.5) is 0 Å². The summed E-state index contributed by atoms with van der Waals surface area (Å²) < 4.78 is 9.51. The average molecular weight is 169 g/mol. The smallest absolute Gasteiger partial charge is 0.461 e. The van der Waals surface area contributed by atoms with Crippen LogP contribution >= 0.6 is 0 Å². The first-order valence-corrected chi connectivity index (χ1v) is 3.73. The highest BCUT2D eigenvalue weighted by atomic mass is 16.7. The third-order valence-electron chi connectivity index (χ3n) is 1.88. The van der Waals surface area contributed by atoms with Crippen LogP contribution in [-0.2, 0) is 14.3 Å². The minimum Gasteiger partial charge on any atom is -0.461 e. The van der Waals surface area contributed by atoms with Crippen LogP contribution in [-0.4, -0.2) is 24.9 Å². The molecular formula is C8H11NO3. The zero-order chi connectivity index (χ0) is 9.35. The second kappa shape index (κ2) is 2.76. The molecule has 0 amide bonds. The minimum atomic E-state index is -1.33. The van der Waals surface area contributed by atoms with Crippen LogP contribution in [0.15, 0.2) is 0 Å². The average Bonchev–Trinajstić information content (AvgIpc) is 2.79. The Hall–Kier alpha value is -1.08. The number of carbonyl (C=O) groups excluding carboxylic acids is 1. The van der Waals surface area contributed by atoms with Crippen LogP contribution in [0.1, 0.15) is 13.8 Å². The first-order valence-electron chi connectivity index (χ1n) is 3.73. The maximum atomic E-state index is 11.1. The van der Waals surface area contributed by atoms with E-state index in [-0.39, 0.29) is 12.0 Å². The number of nitrogens with zero attached hydrogens (tertiary/aromatic N) is 1. The van der Waals surface area contributed by atoms with Gasteiger partial charge in [-0.05, 0) is 5.92 Å². The van der Waals surface area contributed by atoms with Crippen molar-refractivity contribution in [3.05, 3.63) is 11.4 Å². The largest absolute Gasteiger partial charge is 0.461 e. The molecule has 66 valence electrons. The predicted molar refractivity (Wildman–Crippen MR) is 41.1 cm³/mol. The Balaban J connectivity index is 2.73. The number of hydrogen-bond donors (Lipinski definition) is 0. The molecule has 0 aromatic carbocycles. The number of methoxy groups -OCH3 is 1. The fourth-order valence-corrected chi connectivity index (χ4v) is 1.19. The summed E-state index contributed by atoms with van der Waals surface area (Å²) in [4.78, 5) is 14.2. The summed E-state index contributed by atoms with van der Waals surface area (Å²) in [6.45, 7) is 10.6. The van der Waals surface area contributed by atoms with Gasteiger partial charge in [0, 0.05) is 0 Å². The molecular weight excluding hydrogens is 158 g/mol. The van der Waals surface area contributed by atoms with Crippen molar-refractivity contribution in [1.29, 1.82) is 0 Å². The number of hydrogen-bond acceptors (Lipinski definition) is 3. The molecule has 1 saturated heterocycles. The zero-order valence-electron chi connectivity index (χ0n) is 7.33. The van der Waals surface area contributed by atoms with Crippen LogP contribution in [0, 0.1) is 12.5 Å². The Kier molecular flexibility index (Phi) is 2.07. The summed E-state index contributed by atoms with van der Waals surface area (Å²) >= 11 is 0. The van der Waals surface area contributed by atoms with E-state index in [9.17, 15) is 4.79 Å². The molecule has 12 heavy (non-hydrogen) atoms. The molecule has 0 saturated carbocycles. The molecule has 1 rings (SSSR count). The van der Waals surface area contributed by atoms with Crippen LogP contribution in [0.25, 0.3) is 4.85 Å². The summed E-state index contributed by atoms with van der Waals surface area (Å²) in [5.41, 5.74) is -1.33. The molecule has 0 radical (unpaired) electrons. The third-order valence-corrected chi connectivity index (χ3v) is 1.88. The first kappa shape index (κ1) is 9.01. The minimum absolute atomic E-state index is 0.165. The molecule has 0 N–H and O–H groups in total. The number of ether oxygens (including phenoxy) is 2. The predicted octanol–water partition coefficient (Wildman–Crippen LogP) is 0.830. The summed E-state index contributed by atoms with van der Waals surface area (Å²) in [6.07, 6.45) is -0.303. The topological polar surface area (TPSA) is 43.2 Å². The molecule has 1 aliphatic rings. The third kappa shape index (κ3) is 1.07. The molecule has 1 fully saturated rings. The highest BCUT2D eigenvalue weighted by Crippen LogP contribution is 2.43. The maximum Gasteiger partial charge on any atom is 0.461 e. The van der Waals surface area contributed by atoms with E-state index in [0.717, 1.165) is 0 Å². The van der Waals surface area contributed by atoms with Crippen molar-refractivity contribution in [3.8, 4) is 0 Å². The Morgan fingerprint density at radius 2 is 2.33 bits per heavy atom. The molecule has 2 unspecified atom stereocenters. The Morgan fingerprint density at radius 1 is 1.75 bits per heavy atom. The SMILES string of the molecule is [C-]#[N+]C1(C(=O)OC)OC1C(C)C. The molecule has 0 aromatic heterocycles. The lowest BCUT2D eigenvalue weighted by Crippen LogP contribution is -2.26. The zero-order valence-corrected chi connectivity index (χ0v) is 7.33. The number of epoxide rings is 1.